The van der Waals surface area contributed by atoms with Gasteiger partial charge in [0.1, 0.15) is 29.8 Å². The van der Waals surface area contributed by atoms with E-state index < -0.39 is 17.6 Å². The molecule has 1 aliphatic heterocycles. The number of pyridine rings is 1. The number of piperidine rings is 1. The summed E-state index contributed by atoms with van der Waals surface area (Å²) in [5.41, 5.74) is 4.84. The van der Waals surface area contributed by atoms with Crippen LogP contribution in [0.3, 0.4) is 0 Å². The highest BCUT2D eigenvalue weighted by atomic mass is 35.5. The number of benzene rings is 2. The minimum Gasteiger partial charge on any atom is -0.491 e. The molecule has 1 saturated heterocycles. The zero-order valence-corrected chi connectivity index (χ0v) is 28.7. The summed E-state index contributed by atoms with van der Waals surface area (Å²) in [5, 5.41) is 11.8. The maximum atomic E-state index is 14.4. The highest BCUT2D eigenvalue weighted by Gasteiger charge is 2.32. The van der Waals surface area contributed by atoms with Crippen molar-refractivity contribution in [2.24, 2.45) is 0 Å². The summed E-state index contributed by atoms with van der Waals surface area (Å²) in [6.45, 7) is 5.73. The first-order valence-electron chi connectivity index (χ1n) is 16.4. The smallest absolute Gasteiger partial charge is 0.338 e. The fourth-order valence-electron chi connectivity index (χ4n) is 7.37. The van der Waals surface area contributed by atoms with Crippen molar-refractivity contribution < 1.29 is 23.4 Å². The standard InChI is InChI=1S/C37H35ClF2N4O4S/c1-20-15-28(35-34(41-20)30(19-49-35)37(46)47)27-16-23(38)3-8-33(27)48-14-13-44-21(2)42-32-7-5-25(18-29(32)36(44)45)43-11-9-22(10-12-43)26-6-4-24(39)17-31(26)40/h3-4,6,8,15-17,19,22,25H,5,7,9-14,18H2,1-2H3,(H,46,47)/t25-/m0/s1. The first-order chi connectivity index (χ1) is 23.6. The largest absolute Gasteiger partial charge is 0.491 e. The molecule has 1 atom stereocenters. The molecule has 2 aliphatic rings. The Hall–Kier alpha value is -4.19. The second kappa shape index (κ2) is 13.6. The van der Waals surface area contributed by atoms with Gasteiger partial charge in [-0.3, -0.25) is 19.2 Å². The van der Waals surface area contributed by atoms with E-state index >= 15 is 0 Å². The minimum atomic E-state index is -1.04. The number of carboxylic acid groups (broad SMARTS) is 1. The van der Waals surface area contributed by atoms with Crippen molar-refractivity contribution in [2.75, 3.05) is 19.7 Å². The normalized spacial score (nSPS) is 17.0. The van der Waals surface area contributed by atoms with Crippen molar-refractivity contribution in [3.8, 4) is 16.9 Å². The van der Waals surface area contributed by atoms with Crippen molar-refractivity contribution in [3.63, 3.8) is 0 Å². The summed E-state index contributed by atoms with van der Waals surface area (Å²) >= 11 is 7.73. The molecule has 254 valence electrons. The number of hydrogen-bond donors (Lipinski definition) is 1. The van der Waals surface area contributed by atoms with Gasteiger partial charge >= 0.3 is 5.97 Å². The fourth-order valence-corrected chi connectivity index (χ4v) is 8.55. The molecule has 7 rings (SSSR count). The number of aryl methyl sites for hydroxylation is 3. The lowest BCUT2D eigenvalue weighted by Gasteiger charge is -2.39. The molecule has 0 radical (unpaired) electrons. The number of carboxylic acids is 1. The molecular weight excluding hydrogens is 670 g/mol. The number of aromatic nitrogens is 3. The minimum absolute atomic E-state index is 0.0524. The first-order valence-corrected chi connectivity index (χ1v) is 17.7. The van der Waals surface area contributed by atoms with Crippen LogP contribution in [0.5, 0.6) is 5.75 Å². The molecule has 12 heteroatoms. The molecule has 1 N–H and O–H groups in total. The number of ether oxygens (including phenoxy) is 1. The summed E-state index contributed by atoms with van der Waals surface area (Å²) in [6, 6.07) is 11.3. The Kier molecular flexibility index (Phi) is 9.25. The average Bonchev–Trinajstić information content (AvgIpc) is 3.51. The quantitative estimate of drug-likeness (QED) is 0.178. The van der Waals surface area contributed by atoms with Crippen LogP contribution in [0.1, 0.15) is 63.9 Å². The van der Waals surface area contributed by atoms with Crippen molar-refractivity contribution in [2.45, 2.75) is 64.5 Å². The third-order valence-electron chi connectivity index (χ3n) is 9.83. The van der Waals surface area contributed by atoms with Crippen LogP contribution < -0.4 is 10.3 Å². The van der Waals surface area contributed by atoms with Crippen molar-refractivity contribution in [1.29, 1.82) is 0 Å². The molecule has 1 aliphatic carbocycles. The number of rotatable bonds is 8. The number of carbonyl (C=O) groups is 1. The number of likely N-dealkylation sites (tertiary alicyclic amines) is 1. The molecule has 8 nitrogen and oxygen atoms in total. The van der Waals surface area contributed by atoms with E-state index in [1.807, 2.05) is 19.9 Å². The predicted octanol–water partition coefficient (Wildman–Crippen LogP) is 7.58. The van der Waals surface area contributed by atoms with Crippen LogP contribution in [0.2, 0.25) is 5.02 Å². The van der Waals surface area contributed by atoms with Crippen LogP contribution in [-0.4, -0.2) is 56.2 Å². The van der Waals surface area contributed by atoms with Gasteiger partial charge in [-0.15, -0.1) is 11.3 Å². The number of hydrogen-bond acceptors (Lipinski definition) is 7. The van der Waals surface area contributed by atoms with Gasteiger partial charge < -0.3 is 9.84 Å². The second-order valence-corrected chi connectivity index (χ2v) is 14.2. The number of aromatic carboxylic acids is 1. The maximum Gasteiger partial charge on any atom is 0.338 e. The number of halogens is 3. The van der Waals surface area contributed by atoms with Gasteiger partial charge in [-0.1, -0.05) is 17.7 Å². The fraction of sp³-hybridized carbons (Fsp3) is 0.351. The molecule has 4 heterocycles. The molecule has 3 aromatic heterocycles. The topological polar surface area (TPSA) is 97.6 Å². The van der Waals surface area contributed by atoms with Crippen molar-refractivity contribution in [1.82, 2.24) is 19.4 Å². The van der Waals surface area contributed by atoms with Crippen LogP contribution >= 0.6 is 22.9 Å². The Morgan fingerprint density at radius 1 is 1.06 bits per heavy atom. The van der Waals surface area contributed by atoms with E-state index in [-0.39, 0.29) is 29.7 Å². The summed E-state index contributed by atoms with van der Waals surface area (Å²) in [6.07, 6.45) is 3.80. The zero-order valence-electron chi connectivity index (χ0n) is 27.1. The molecule has 1 fully saturated rings. The third-order valence-corrected chi connectivity index (χ3v) is 11.1. The van der Waals surface area contributed by atoms with Crippen LogP contribution in [-0.2, 0) is 19.4 Å². The van der Waals surface area contributed by atoms with E-state index in [4.69, 9.17) is 21.3 Å². The molecule has 0 bridgehead atoms. The van der Waals surface area contributed by atoms with E-state index in [2.05, 4.69) is 9.88 Å². The second-order valence-electron chi connectivity index (χ2n) is 12.8. The summed E-state index contributed by atoms with van der Waals surface area (Å²) in [4.78, 5) is 37.4. The molecule has 5 aromatic rings. The Labute approximate surface area is 291 Å². The lowest BCUT2D eigenvalue weighted by molar-refractivity contribution is 0.0699. The average molecular weight is 705 g/mol. The maximum absolute atomic E-state index is 14.4. The summed E-state index contributed by atoms with van der Waals surface area (Å²) in [5.74, 6) is -0.834. The highest BCUT2D eigenvalue weighted by Crippen LogP contribution is 2.40. The predicted molar refractivity (Wildman–Crippen MR) is 186 cm³/mol. The van der Waals surface area contributed by atoms with E-state index in [9.17, 15) is 23.5 Å². The van der Waals surface area contributed by atoms with Gasteiger partial charge in [-0.05, 0) is 101 Å². The summed E-state index contributed by atoms with van der Waals surface area (Å²) < 4.78 is 36.6. The molecule has 0 spiro atoms. The van der Waals surface area contributed by atoms with Crippen LogP contribution in [0.15, 0.2) is 52.6 Å². The molecule has 2 aromatic carbocycles. The lowest BCUT2D eigenvalue weighted by atomic mass is 9.85. The molecule has 0 unspecified atom stereocenters. The van der Waals surface area contributed by atoms with Gasteiger partial charge in [-0.2, -0.15) is 0 Å². The Morgan fingerprint density at radius 3 is 2.61 bits per heavy atom. The summed E-state index contributed by atoms with van der Waals surface area (Å²) in [7, 11) is 0. The van der Waals surface area contributed by atoms with Crippen LogP contribution in [0.4, 0.5) is 8.78 Å². The van der Waals surface area contributed by atoms with Crippen molar-refractivity contribution in [3.05, 3.63) is 109 Å². The molecule has 0 saturated carbocycles. The van der Waals surface area contributed by atoms with E-state index in [0.29, 0.717) is 51.9 Å². The molecule has 49 heavy (non-hydrogen) atoms. The Balaban J connectivity index is 1.06. The third kappa shape index (κ3) is 6.59. The van der Waals surface area contributed by atoms with Gasteiger partial charge in [0.2, 0.25) is 0 Å². The number of nitrogens with zero attached hydrogens (tertiary/aromatic N) is 4. The van der Waals surface area contributed by atoms with E-state index in [0.717, 1.165) is 66.4 Å². The lowest BCUT2D eigenvalue weighted by Crippen LogP contribution is -2.46. The highest BCUT2D eigenvalue weighted by molar-refractivity contribution is 7.18. The molecule has 0 amide bonds. The van der Waals surface area contributed by atoms with Gasteiger partial charge in [0, 0.05) is 44.9 Å². The SMILES string of the molecule is Cc1cc(-c2cc(Cl)ccc2OCCn2c(C)nc3c(c2=O)C[C@@H](N2CCC(c4ccc(F)cc4F)CC2)CC3)c2scc(C(=O)O)c2n1. The Morgan fingerprint density at radius 2 is 1.86 bits per heavy atom. The van der Waals surface area contributed by atoms with Crippen LogP contribution in [0.25, 0.3) is 21.3 Å². The van der Waals surface area contributed by atoms with Crippen LogP contribution in [0, 0.1) is 25.5 Å². The van der Waals surface area contributed by atoms with Gasteiger partial charge in [0.05, 0.1) is 28.0 Å². The monoisotopic (exact) mass is 704 g/mol. The number of thiophene rings is 1. The van der Waals surface area contributed by atoms with Crippen molar-refractivity contribution >= 4 is 39.1 Å². The zero-order chi connectivity index (χ0) is 34.4. The van der Waals surface area contributed by atoms with E-state index in [1.165, 1.54) is 17.4 Å². The van der Waals surface area contributed by atoms with Gasteiger partial charge in [-0.25, -0.2) is 18.6 Å². The number of fused-ring (bicyclic) bond motifs is 2. The molecular formula is C37H35ClF2N4O4S. The van der Waals surface area contributed by atoms with E-state index in [1.54, 1.807) is 34.2 Å². The Bertz CT molecular complexity index is 2140. The first kappa shape index (κ1) is 33.3. The van der Waals surface area contributed by atoms with Gasteiger partial charge in [0.15, 0.2) is 0 Å². The van der Waals surface area contributed by atoms with Gasteiger partial charge in [0.25, 0.3) is 5.56 Å².